The van der Waals surface area contributed by atoms with Crippen LogP contribution in [0.2, 0.25) is 0 Å². The van der Waals surface area contributed by atoms with E-state index in [-0.39, 0.29) is 25.2 Å². The number of fused-ring (bicyclic) bond motifs is 1. The molecule has 174 valence electrons. The van der Waals surface area contributed by atoms with E-state index in [0.29, 0.717) is 6.42 Å². The van der Waals surface area contributed by atoms with E-state index in [1.807, 2.05) is 38.1 Å². The SMILES string of the molecule is CC(C)C[C@H](NC(=O)[C@@H](N)CCC(N)=O)C(=O)N[C@@H](Cc1c[nH]c2ccccc12)C(=O)O. The number of carbonyl (C=O) groups is 4. The molecule has 0 aliphatic heterocycles. The zero-order valence-corrected chi connectivity index (χ0v) is 18.3. The molecule has 8 N–H and O–H groups in total. The molecule has 0 aliphatic rings. The summed E-state index contributed by atoms with van der Waals surface area (Å²) in [7, 11) is 0. The second kappa shape index (κ2) is 11.3. The van der Waals surface area contributed by atoms with Crippen molar-refractivity contribution in [2.45, 2.75) is 57.7 Å². The van der Waals surface area contributed by atoms with Gasteiger partial charge in [0.1, 0.15) is 12.1 Å². The van der Waals surface area contributed by atoms with Gasteiger partial charge in [0, 0.05) is 29.9 Å². The molecule has 2 rings (SSSR count). The highest BCUT2D eigenvalue weighted by molar-refractivity contribution is 5.92. The number of hydrogen-bond donors (Lipinski definition) is 6. The van der Waals surface area contributed by atoms with Crippen molar-refractivity contribution in [2.24, 2.45) is 17.4 Å². The Labute approximate surface area is 186 Å². The highest BCUT2D eigenvalue weighted by atomic mass is 16.4. The van der Waals surface area contributed by atoms with Crippen LogP contribution in [-0.4, -0.2) is 51.9 Å². The molecule has 1 heterocycles. The number of carboxylic acids is 1. The summed E-state index contributed by atoms with van der Waals surface area (Å²) in [5.74, 6) is -2.93. The summed E-state index contributed by atoms with van der Waals surface area (Å²) in [5.41, 5.74) is 12.5. The summed E-state index contributed by atoms with van der Waals surface area (Å²) in [5, 5.41) is 15.7. The average Bonchev–Trinajstić information content (AvgIpc) is 3.13. The van der Waals surface area contributed by atoms with Crippen molar-refractivity contribution in [1.29, 1.82) is 0 Å². The summed E-state index contributed by atoms with van der Waals surface area (Å²) in [6, 6.07) is 4.31. The molecule has 3 amide bonds. The van der Waals surface area contributed by atoms with Crippen LogP contribution in [0, 0.1) is 5.92 Å². The monoisotopic (exact) mass is 445 g/mol. The first kappa shape index (κ1) is 24.9. The van der Waals surface area contributed by atoms with E-state index in [1.165, 1.54) is 0 Å². The van der Waals surface area contributed by atoms with Crippen molar-refractivity contribution < 1.29 is 24.3 Å². The third kappa shape index (κ3) is 7.09. The van der Waals surface area contributed by atoms with Crippen molar-refractivity contribution >= 4 is 34.6 Å². The molecule has 10 nitrogen and oxygen atoms in total. The lowest BCUT2D eigenvalue weighted by Crippen LogP contribution is -2.55. The lowest BCUT2D eigenvalue weighted by Gasteiger charge is -2.24. The third-order valence-electron chi connectivity index (χ3n) is 5.09. The Balaban J connectivity index is 2.10. The summed E-state index contributed by atoms with van der Waals surface area (Å²) < 4.78 is 0. The summed E-state index contributed by atoms with van der Waals surface area (Å²) >= 11 is 0. The molecule has 0 aliphatic carbocycles. The van der Waals surface area contributed by atoms with E-state index < -0.39 is 41.8 Å². The van der Waals surface area contributed by atoms with E-state index in [1.54, 1.807) is 6.20 Å². The van der Waals surface area contributed by atoms with Crippen LogP contribution in [0.4, 0.5) is 0 Å². The van der Waals surface area contributed by atoms with E-state index in [2.05, 4.69) is 15.6 Å². The lowest BCUT2D eigenvalue weighted by molar-refractivity contribution is -0.142. The van der Waals surface area contributed by atoms with Gasteiger partial charge in [-0.1, -0.05) is 32.0 Å². The molecule has 0 fully saturated rings. The summed E-state index contributed by atoms with van der Waals surface area (Å²) in [4.78, 5) is 51.1. The zero-order valence-electron chi connectivity index (χ0n) is 18.3. The topological polar surface area (TPSA) is 180 Å². The second-order valence-corrected chi connectivity index (χ2v) is 8.27. The fraction of sp³-hybridized carbons (Fsp3) is 0.455. The van der Waals surface area contributed by atoms with E-state index >= 15 is 0 Å². The van der Waals surface area contributed by atoms with Gasteiger partial charge in [-0.15, -0.1) is 0 Å². The fourth-order valence-electron chi connectivity index (χ4n) is 3.40. The number of aliphatic carboxylic acids is 1. The van der Waals surface area contributed by atoms with Gasteiger partial charge in [-0.3, -0.25) is 14.4 Å². The number of carbonyl (C=O) groups excluding carboxylic acids is 3. The largest absolute Gasteiger partial charge is 0.480 e. The molecule has 0 unspecified atom stereocenters. The quantitative estimate of drug-likeness (QED) is 0.275. The first-order chi connectivity index (χ1) is 15.1. The molecule has 1 aromatic carbocycles. The average molecular weight is 446 g/mol. The van der Waals surface area contributed by atoms with Crippen LogP contribution in [0.3, 0.4) is 0 Å². The Morgan fingerprint density at radius 2 is 1.72 bits per heavy atom. The molecule has 32 heavy (non-hydrogen) atoms. The molecule has 0 radical (unpaired) electrons. The van der Waals surface area contributed by atoms with Gasteiger partial charge in [-0.25, -0.2) is 4.79 Å². The lowest BCUT2D eigenvalue weighted by atomic mass is 10.0. The molecule has 10 heteroatoms. The van der Waals surface area contributed by atoms with Crippen molar-refractivity contribution in [3.05, 3.63) is 36.0 Å². The van der Waals surface area contributed by atoms with Gasteiger partial charge < -0.3 is 32.2 Å². The van der Waals surface area contributed by atoms with Crippen LogP contribution in [0.25, 0.3) is 10.9 Å². The molecular formula is C22H31N5O5. The van der Waals surface area contributed by atoms with Gasteiger partial charge in [0.15, 0.2) is 0 Å². The smallest absolute Gasteiger partial charge is 0.326 e. The number of aromatic nitrogens is 1. The Morgan fingerprint density at radius 1 is 1.06 bits per heavy atom. The number of rotatable bonds is 12. The Bertz CT molecular complexity index is 971. The minimum atomic E-state index is -1.18. The predicted octanol–water partition coefficient (Wildman–Crippen LogP) is 0.404. The number of nitrogens with one attached hydrogen (secondary N) is 3. The number of para-hydroxylation sites is 1. The van der Waals surface area contributed by atoms with Crippen LogP contribution in [0.15, 0.2) is 30.5 Å². The molecule has 0 bridgehead atoms. The van der Waals surface area contributed by atoms with Crippen LogP contribution in [0.5, 0.6) is 0 Å². The first-order valence-corrected chi connectivity index (χ1v) is 10.5. The van der Waals surface area contributed by atoms with Crippen molar-refractivity contribution in [3.63, 3.8) is 0 Å². The van der Waals surface area contributed by atoms with E-state index in [4.69, 9.17) is 11.5 Å². The molecule has 2 aromatic rings. The summed E-state index contributed by atoms with van der Waals surface area (Å²) in [6.45, 7) is 3.75. The number of amides is 3. The third-order valence-corrected chi connectivity index (χ3v) is 5.09. The van der Waals surface area contributed by atoms with Crippen molar-refractivity contribution in [3.8, 4) is 0 Å². The minimum absolute atomic E-state index is 0.0461. The van der Waals surface area contributed by atoms with Crippen molar-refractivity contribution in [2.75, 3.05) is 0 Å². The van der Waals surface area contributed by atoms with E-state index in [9.17, 15) is 24.3 Å². The zero-order chi connectivity index (χ0) is 23.8. The van der Waals surface area contributed by atoms with Crippen LogP contribution in [-0.2, 0) is 25.6 Å². The Hall–Kier alpha value is -3.40. The number of benzene rings is 1. The number of hydrogen-bond acceptors (Lipinski definition) is 5. The number of carboxylic acid groups (broad SMARTS) is 1. The Kier molecular flexibility index (Phi) is 8.77. The minimum Gasteiger partial charge on any atom is -0.480 e. The fourth-order valence-corrected chi connectivity index (χ4v) is 3.40. The summed E-state index contributed by atoms with van der Waals surface area (Å²) in [6.07, 6.45) is 2.08. The predicted molar refractivity (Wildman–Crippen MR) is 119 cm³/mol. The van der Waals surface area contributed by atoms with Gasteiger partial charge in [-0.05, 0) is 30.4 Å². The van der Waals surface area contributed by atoms with Gasteiger partial charge in [-0.2, -0.15) is 0 Å². The highest BCUT2D eigenvalue weighted by Gasteiger charge is 2.29. The number of nitrogens with two attached hydrogens (primary N) is 2. The number of aromatic amines is 1. The molecule has 0 saturated carbocycles. The van der Waals surface area contributed by atoms with Crippen LogP contribution >= 0.6 is 0 Å². The number of primary amides is 1. The molecule has 0 saturated heterocycles. The molecule has 1 aromatic heterocycles. The van der Waals surface area contributed by atoms with Gasteiger partial charge in [0.25, 0.3) is 0 Å². The Morgan fingerprint density at radius 3 is 2.34 bits per heavy atom. The molecule has 0 spiro atoms. The number of H-pyrrole nitrogens is 1. The molecular weight excluding hydrogens is 414 g/mol. The van der Waals surface area contributed by atoms with Crippen molar-refractivity contribution in [1.82, 2.24) is 15.6 Å². The normalized spacial score (nSPS) is 14.0. The maximum atomic E-state index is 12.9. The van der Waals surface area contributed by atoms with Crippen LogP contribution < -0.4 is 22.1 Å². The standard InChI is InChI=1S/C22H31N5O5/c1-12(2)9-17(26-20(29)15(23)7-8-19(24)28)21(30)27-18(22(31)32)10-13-11-25-16-6-4-3-5-14(13)16/h3-6,11-12,15,17-18,25H,7-10,23H2,1-2H3,(H2,24,28)(H,26,29)(H,27,30)(H,31,32)/t15-,17-,18-/m0/s1. The van der Waals surface area contributed by atoms with Crippen LogP contribution in [0.1, 0.15) is 38.7 Å². The van der Waals surface area contributed by atoms with E-state index in [0.717, 1.165) is 16.5 Å². The van der Waals surface area contributed by atoms with Gasteiger partial charge in [0.05, 0.1) is 6.04 Å². The maximum absolute atomic E-state index is 12.9. The maximum Gasteiger partial charge on any atom is 0.326 e. The molecule has 3 atom stereocenters. The second-order valence-electron chi connectivity index (χ2n) is 8.27. The highest BCUT2D eigenvalue weighted by Crippen LogP contribution is 2.19. The van der Waals surface area contributed by atoms with Gasteiger partial charge in [0.2, 0.25) is 17.7 Å². The van der Waals surface area contributed by atoms with Gasteiger partial charge >= 0.3 is 5.97 Å². The first-order valence-electron chi connectivity index (χ1n) is 10.5.